The number of anilines is 1. The summed E-state index contributed by atoms with van der Waals surface area (Å²) >= 11 is 8.68. The average Bonchev–Trinajstić information content (AvgIpc) is 3.58. The highest BCUT2D eigenvalue weighted by Gasteiger charge is 2.46. The predicted molar refractivity (Wildman–Crippen MR) is 140 cm³/mol. The number of ketones is 1. The van der Waals surface area contributed by atoms with Crippen molar-refractivity contribution in [3.8, 4) is 5.75 Å². The van der Waals surface area contributed by atoms with Crippen LogP contribution in [0.3, 0.4) is 0 Å². The minimum absolute atomic E-state index is 0.0365. The number of thiazole rings is 1. The quantitative estimate of drug-likeness (QED) is 0.199. The predicted octanol–water partition coefficient (Wildman–Crippen LogP) is 6.97. The van der Waals surface area contributed by atoms with Gasteiger partial charge in [-0.3, -0.25) is 14.5 Å². The molecule has 1 unspecified atom stereocenters. The first-order chi connectivity index (χ1) is 17.0. The maximum Gasteiger partial charge on any atom is 0.296 e. The molecule has 2 aromatic carbocycles. The van der Waals surface area contributed by atoms with Crippen molar-refractivity contribution in [1.29, 1.82) is 0 Å². The summed E-state index contributed by atoms with van der Waals surface area (Å²) in [7, 11) is 0. The van der Waals surface area contributed by atoms with Crippen LogP contribution in [0.2, 0.25) is 5.02 Å². The van der Waals surface area contributed by atoms with Gasteiger partial charge in [0.15, 0.2) is 10.9 Å². The lowest BCUT2D eigenvalue weighted by atomic mass is 9.95. The molecule has 3 heterocycles. The van der Waals surface area contributed by atoms with E-state index in [4.69, 9.17) is 16.3 Å². The van der Waals surface area contributed by atoms with E-state index in [1.54, 1.807) is 35.7 Å². The van der Waals surface area contributed by atoms with E-state index in [9.17, 15) is 14.7 Å². The summed E-state index contributed by atoms with van der Waals surface area (Å²) in [6, 6.07) is 15.2. The maximum atomic E-state index is 13.4. The normalized spacial score (nSPS) is 15.9. The van der Waals surface area contributed by atoms with Crippen molar-refractivity contribution in [2.45, 2.75) is 25.8 Å². The number of rotatable bonds is 8. The van der Waals surface area contributed by atoms with Crippen molar-refractivity contribution < 1.29 is 19.4 Å². The van der Waals surface area contributed by atoms with Gasteiger partial charge >= 0.3 is 0 Å². The number of Topliss-reactive ketones (excluding diaryl/α,β-unsaturated/α-hetero) is 1. The van der Waals surface area contributed by atoms with Crippen molar-refractivity contribution in [1.82, 2.24) is 4.98 Å². The summed E-state index contributed by atoms with van der Waals surface area (Å²) in [6.45, 7) is 2.71. The topological polar surface area (TPSA) is 79.7 Å². The number of hydrogen-bond donors (Lipinski definition) is 1. The third kappa shape index (κ3) is 4.45. The molecule has 0 spiro atoms. The Hall–Kier alpha value is -3.20. The molecule has 0 saturated heterocycles. The Bertz CT molecular complexity index is 1430. The van der Waals surface area contributed by atoms with Gasteiger partial charge in [-0.15, -0.1) is 11.3 Å². The lowest BCUT2D eigenvalue weighted by Gasteiger charge is -2.24. The van der Waals surface area contributed by atoms with E-state index in [2.05, 4.69) is 11.9 Å². The summed E-state index contributed by atoms with van der Waals surface area (Å²) in [5.41, 5.74) is 1.38. The molecule has 2 aromatic heterocycles. The smallest absolute Gasteiger partial charge is 0.296 e. The largest absolute Gasteiger partial charge is 0.503 e. The first-order valence-electron chi connectivity index (χ1n) is 11.1. The third-order valence-electron chi connectivity index (χ3n) is 5.71. The molecule has 6 nitrogen and oxygen atoms in total. The van der Waals surface area contributed by atoms with Gasteiger partial charge in [-0.1, -0.05) is 54.5 Å². The number of thiophene rings is 1. The summed E-state index contributed by atoms with van der Waals surface area (Å²) in [5.74, 6) is -0.907. The van der Waals surface area contributed by atoms with Crippen LogP contribution in [0.1, 0.15) is 41.0 Å². The van der Waals surface area contributed by atoms with Crippen molar-refractivity contribution in [2.24, 2.45) is 0 Å². The molecule has 1 amide bonds. The number of halogens is 1. The minimum atomic E-state index is -0.835. The molecule has 0 bridgehead atoms. The zero-order valence-electron chi connectivity index (χ0n) is 18.7. The molecule has 9 heteroatoms. The fourth-order valence-electron chi connectivity index (χ4n) is 3.96. The number of benzene rings is 2. The second-order valence-electron chi connectivity index (χ2n) is 8.03. The third-order valence-corrected chi connectivity index (χ3v) is 7.83. The Balaban J connectivity index is 1.59. The Morgan fingerprint density at radius 1 is 1.20 bits per heavy atom. The van der Waals surface area contributed by atoms with Gasteiger partial charge < -0.3 is 9.84 Å². The molecule has 0 radical (unpaired) electrons. The zero-order chi connectivity index (χ0) is 24.5. The highest BCUT2D eigenvalue weighted by atomic mass is 35.5. The van der Waals surface area contributed by atoms with Crippen molar-refractivity contribution in [3.05, 3.63) is 86.8 Å². The molecule has 4 aromatic rings. The van der Waals surface area contributed by atoms with Crippen LogP contribution < -0.4 is 9.64 Å². The SMILES string of the molecule is CCCCOc1ccc(C2C(C(=O)c3cccs3)=C(O)C(=O)N2c2nc3ccc(Cl)cc3s2)cc1. The van der Waals surface area contributed by atoms with E-state index in [1.807, 2.05) is 24.3 Å². The van der Waals surface area contributed by atoms with Crippen molar-refractivity contribution in [2.75, 3.05) is 11.5 Å². The van der Waals surface area contributed by atoms with Crippen molar-refractivity contribution >= 4 is 61.3 Å². The second-order valence-corrected chi connectivity index (χ2v) is 10.4. The molecule has 0 saturated carbocycles. The van der Waals surface area contributed by atoms with Gasteiger partial charge in [-0.05, 0) is 53.8 Å². The van der Waals surface area contributed by atoms with E-state index in [0.29, 0.717) is 38.5 Å². The number of nitrogens with zero attached hydrogens (tertiary/aromatic N) is 2. The van der Waals surface area contributed by atoms with Gasteiger partial charge in [0.1, 0.15) is 5.75 Å². The van der Waals surface area contributed by atoms with Crippen LogP contribution in [0.15, 0.2) is 71.3 Å². The van der Waals surface area contributed by atoms with Crippen LogP contribution in [0.25, 0.3) is 10.2 Å². The van der Waals surface area contributed by atoms with Crippen LogP contribution in [0, 0.1) is 0 Å². The van der Waals surface area contributed by atoms with Crippen LogP contribution in [0.4, 0.5) is 5.13 Å². The molecule has 5 rings (SSSR count). The van der Waals surface area contributed by atoms with Gasteiger partial charge in [0.2, 0.25) is 5.78 Å². The first kappa shape index (κ1) is 23.5. The van der Waals surface area contributed by atoms with E-state index in [-0.39, 0.29) is 11.4 Å². The Morgan fingerprint density at radius 2 is 2.00 bits per heavy atom. The van der Waals surface area contributed by atoms with Gasteiger partial charge in [-0.25, -0.2) is 4.98 Å². The highest BCUT2D eigenvalue weighted by Crippen LogP contribution is 2.45. The molecule has 0 fully saturated rings. The number of carbonyl (C=O) groups excluding carboxylic acids is 2. The fourth-order valence-corrected chi connectivity index (χ4v) is 5.91. The number of aliphatic hydroxyl groups excluding tert-OH is 1. The number of amides is 1. The van der Waals surface area contributed by atoms with Crippen LogP contribution in [0.5, 0.6) is 5.75 Å². The molecule has 35 heavy (non-hydrogen) atoms. The molecule has 0 aliphatic carbocycles. The molecule has 1 atom stereocenters. The van der Waals surface area contributed by atoms with Crippen LogP contribution in [-0.2, 0) is 4.79 Å². The summed E-state index contributed by atoms with van der Waals surface area (Å²) in [4.78, 5) is 33.2. The summed E-state index contributed by atoms with van der Waals surface area (Å²) in [5, 5.41) is 13.6. The number of ether oxygens (including phenoxy) is 1. The molecule has 178 valence electrons. The summed E-state index contributed by atoms with van der Waals surface area (Å²) in [6.07, 6.45) is 1.98. The second kappa shape index (κ2) is 9.81. The molecule has 1 aliphatic heterocycles. The standard InChI is InChI=1S/C26H21ClN2O4S2/c1-2-3-12-33-17-9-6-15(7-10-17)22-21(23(30)19-5-4-13-34-19)24(31)25(32)29(22)26-28-18-11-8-16(27)14-20(18)35-26/h4-11,13-14,22,31H,2-3,12H2,1H3. The maximum absolute atomic E-state index is 13.4. The van der Waals surface area contributed by atoms with Crippen LogP contribution in [-0.4, -0.2) is 28.4 Å². The highest BCUT2D eigenvalue weighted by molar-refractivity contribution is 7.22. The lowest BCUT2D eigenvalue weighted by Crippen LogP contribution is -2.30. The number of hydrogen-bond acceptors (Lipinski definition) is 7. The number of carbonyl (C=O) groups is 2. The molecule has 1 aliphatic rings. The average molecular weight is 525 g/mol. The van der Waals surface area contributed by atoms with E-state index in [1.165, 1.54) is 27.6 Å². The van der Waals surface area contributed by atoms with E-state index >= 15 is 0 Å². The molecule has 1 N–H and O–H groups in total. The van der Waals surface area contributed by atoms with Gasteiger partial charge in [0.25, 0.3) is 5.91 Å². The number of unbranched alkanes of at least 4 members (excludes halogenated alkanes) is 1. The van der Waals surface area contributed by atoms with Gasteiger partial charge in [0.05, 0.1) is 33.3 Å². The Labute approximate surface area is 215 Å². The van der Waals surface area contributed by atoms with E-state index in [0.717, 1.165) is 17.5 Å². The van der Waals surface area contributed by atoms with E-state index < -0.39 is 17.7 Å². The Kier molecular flexibility index (Phi) is 6.60. The summed E-state index contributed by atoms with van der Waals surface area (Å²) < 4.78 is 6.57. The monoisotopic (exact) mass is 524 g/mol. The minimum Gasteiger partial charge on any atom is -0.503 e. The van der Waals surface area contributed by atoms with Gasteiger partial charge in [0, 0.05) is 5.02 Å². The Morgan fingerprint density at radius 3 is 2.71 bits per heavy atom. The van der Waals surface area contributed by atoms with Gasteiger partial charge in [-0.2, -0.15) is 0 Å². The number of fused-ring (bicyclic) bond motifs is 1. The van der Waals surface area contributed by atoms with Crippen LogP contribution >= 0.6 is 34.3 Å². The van der Waals surface area contributed by atoms with Crippen molar-refractivity contribution in [3.63, 3.8) is 0 Å². The number of aromatic nitrogens is 1. The first-order valence-corrected chi connectivity index (χ1v) is 13.2. The zero-order valence-corrected chi connectivity index (χ0v) is 21.1. The fraction of sp³-hybridized carbons (Fsp3) is 0.192. The molecular formula is C26H21ClN2O4S2. The lowest BCUT2D eigenvalue weighted by molar-refractivity contribution is -0.117. The molecular weight excluding hydrogens is 504 g/mol. The number of aliphatic hydroxyl groups is 1.